The lowest BCUT2D eigenvalue weighted by atomic mass is 10.1. The Bertz CT molecular complexity index is 261. The highest BCUT2D eigenvalue weighted by atomic mass is 16.5. The topological polar surface area (TPSA) is 55.5 Å². The standard InChI is InChI=1S/C9H13NO2/c1-12-9-3-2-7(5-10)4-8(9)6-11/h2-4,11H,5-6,10H2,1H3. The third kappa shape index (κ3) is 1.75. The first-order valence-electron chi connectivity index (χ1n) is 3.78. The Morgan fingerprint density at radius 1 is 1.50 bits per heavy atom. The van der Waals surface area contributed by atoms with Gasteiger partial charge in [-0.15, -0.1) is 0 Å². The van der Waals surface area contributed by atoms with Gasteiger partial charge in [-0.1, -0.05) is 6.07 Å². The summed E-state index contributed by atoms with van der Waals surface area (Å²) in [4.78, 5) is 0. The van der Waals surface area contributed by atoms with Crippen LogP contribution in [0.25, 0.3) is 0 Å². The lowest BCUT2D eigenvalue weighted by Gasteiger charge is -2.07. The van der Waals surface area contributed by atoms with E-state index in [9.17, 15) is 0 Å². The van der Waals surface area contributed by atoms with Crippen molar-refractivity contribution < 1.29 is 9.84 Å². The Morgan fingerprint density at radius 3 is 2.75 bits per heavy atom. The minimum atomic E-state index is -0.0169. The quantitative estimate of drug-likeness (QED) is 0.694. The maximum Gasteiger partial charge on any atom is 0.124 e. The van der Waals surface area contributed by atoms with E-state index in [1.807, 2.05) is 18.2 Å². The third-order valence-electron chi connectivity index (χ3n) is 1.75. The van der Waals surface area contributed by atoms with Crippen molar-refractivity contribution in [3.8, 4) is 5.75 Å². The molecule has 3 N–H and O–H groups in total. The minimum absolute atomic E-state index is 0.0169. The second kappa shape index (κ2) is 4.09. The summed E-state index contributed by atoms with van der Waals surface area (Å²) in [5, 5.41) is 8.95. The average Bonchev–Trinajstić information content (AvgIpc) is 2.16. The van der Waals surface area contributed by atoms with Crippen LogP contribution in [0.15, 0.2) is 18.2 Å². The molecule has 0 fully saturated rings. The van der Waals surface area contributed by atoms with Gasteiger partial charge in [0.15, 0.2) is 0 Å². The minimum Gasteiger partial charge on any atom is -0.496 e. The van der Waals surface area contributed by atoms with E-state index in [4.69, 9.17) is 15.6 Å². The maximum absolute atomic E-state index is 8.95. The molecule has 1 aromatic carbocycles. The Hall–Kier alpha value is -1.06. The van der Waals surface area contributed by atoms with E-state index in [0.717, 1.165) is 11.1 Å². The highest BCUT2D eigenvalue weighted by Crippen LogP contribution is 2.19. The molecule has 3 heteroatoms. The van der Waals surface area contributed by atoms with Crippen molar-refractivity contribution in [3.05, 3.63) is 29.3 Å². The van der Waals surface area contributed by atoms with E-state index in [0.29, 0.717) is 12.3 Å². The summed E-state index contributed by atoms with van der Waals surface area (Å²) < 4.78 is 5.03. The number of hydrogen-bond donors (Lipinski definition) is 2. The highest BCUT2D eigenvalue weighted by molar-refractivity contribution is 5.36. The fourth-order valence-corrected chi connectivity index (χ4v) is 1.08. The number of nitrogens with two attached hydrogens (primary N) is 1. The van der Waals surface area contributed by atoms with Gasteiger partial charge in [0.05, 0.1) is 13.7 Å². The Morgan fingerprint density at radius 2 is 2.25 bits per heavy atom. The molecule has 0 aromatic heterocycles. The second-order valence-corrected chi connectivity index (χ2v) is 2.51. The zero-order valence-electron chi connectivity index (χ0n) is 7.08. The number of rotatable bonds is 3. The van der Waals surface area contributed by atoms with Gasteiger partial charge in [-0.3, -0.25) is 0 Å². The van der Waals surface area contributed by atoms with Crippen LogP contribution in [0.5, 0.6) is 5.75 Å². The lowest BCUT2D eigenvalue weighted by Crippen LogP contribution is -1.99. The van der Waals surface area contributed by atoms with Gasteiger partial charge in [-0.25, -0.2) is 0 Å². The molecule has 0 amide bonds. The number of ether oxygens (including phenoxy) is 1. The third-order valence-corrected chi connectivity index (χ3v) is 1.75. The predicted molar refractivity (Wildman–Crippen MR) is 46.8 cm³/mol. The summed E-state index contributed by atoms with van der Waals surface area (Å²) in [5.41, 5.74) is 7.22. The molecule has 0 bridgehead atoms. The van der Waals surface area contributed by atoms with Crippen molar-refractivity contribution in [2.75, 3.05) is 7.11 Å². The van der Waals surface area contributed by atoms with E-state index < -0.39 is 0 Å². The molecule has 66 valence electrons. The van der Waals surface area contributed by atoms with Crippen molar-refractivity contribution in [1.82, 2.24) is 0 Å². The summed E-state index contributed by atoms with van der Waals surface area (Å²) in [7, 11) is 1.58. The van der Waals surface area contributed by atoms with Crippen molar-refractivity contribution in [2.24, 2.45) is 5.73 Å². The van der Waals surface area contributed by atoms with Gasteiger partial charge in [0.25, 0.3) is 0 Å². The van der Waals surface area contributed by atoms with Gasteiger partial charge in [-0.05, 0) is 17.7 Å². The Labute approximate surface area is 71.8 Å². The first-order chi connectivity index (χ1) is 5.81. The normalized spacial score (nSPS) is 9.92. The van der Waals surface area contributed by atoms with E-state index in [2.05, 4.69) is 0 Å². The number of aliphatic hydroxyl groups is 1. The molecule has 0 radical (unpaired) electrons. The summed E-state index contributed by atoms with van der Waals surface area (Å²) in [6.07, 6.45) is 0. The molecule has 0 aliphatic carbocycles. The molecular formula is C9H13NO2. The molecule has 0 spiro atoms. The van der Waals surface area contributed by atoms with Gasteiger partial charge in [0.2, 0.25) is 0 Å². The van der Waals surface area contributed by atoms with Crippen molar-refractivity contribution in [3.63, 3.8) is 0 Å². The fraction of sp³-hybridized carbons (Fsp3) is 0.333. The summed E-state index contributed by atoms with van der Waals surface area (Å²) in [6.45, 7) is 0.466. The van der Waals surface area contributed by atoms with Gasteiger partial charge >= 0.3 is 0 Å². The van der Waals surface area contributed by atoms with E-state index in [1.54, 1.807) is 7.11 Å². The van der Waals surface area contributed by atoms with Crippen LogP contribution in [0.3, 0.4) is 0 Å². The maximum atomic E-state index is 8.95. The van der Waals surface area contributed by atoms with Crippen LogP contribution in [0.4, 0.5) is 0 Å². The molecular weight excluding hydrogens is 154 g/mol. The lowest BCUT2D eigenvalue weighted by molar-refractivity contribution is 0.273. The molecule has 0 aliphatic heterocycles. The Balaban J connectivity index is 3.02. The van der Waals surface area contributed by atoms with Gasteiger partial charge in [0, 0.05) is 12.1 Å². The molecule has 1 rings (SSSR count). The van der Waals surface area contributed by atoms with Crippen LogP contribution in [0.2, 0.25) is 0 Å². The smallest absolute Gasteiger partial charge is 0.124 e. The fourth-order valence-electron chi connectivity index (χ4n) is 1.08. The SMILES string of the molecule is COc1ccc(CN)cc1CO. The Kier molecular flexibility index (Phi) is 3.08. The molecule has 0 atom stereocenters. The average molecular weight is 167 g/mol. The van der Waals surface area contributed by atoms with Gasteiger partial charge < -0.3 is 15.6 Å². The molecule has 3 nitrogen and oxygen atoms in total. The van der Waals surface area contributed by atoms with Gasteiger partial charge in [-0.2, -0.15) is 0 Å². The highest BCUT2D eigenvalue weighted by Gasteiger charge is 2.01. The zero-order chi connectivity index (χ0) is 8.97. The predicted octanol–water partition coefficient (Wildman–Crippen LogP) is 0.646. The van der Waals surface area contributed by atoms with Crippen LogP contribution < -0.4 is 10.5 Å². The number of aliphatic hydroxyl groups excluding tert-OH is 1. The number of methoxy groups -OCH3 is 1. The molecule has 0 saturated carbocycles. The van der Waals surface area contributed by atoms with Crippen LogP contribution in [0.1, 0.15) is 11.1 Å². The number of hydrogen-bond acceptors (Lipinski definition) is 3. The molecule has 0 heterocycles. The molecule has 1 aromatic rings. The second-order valence-electron chi connectivity index (χ2n) is 2.51. The summed E-state index contributed by atoms with van der Waals surface area (Å²) in [6, 6.07) is 5.55. The molecule has 0 unspecified atom stereocenters. The largest absolute Gasteiger partial charge is 0.496 e. The van der Waals surface area contributed by atoms with Crippen LogP contribution in [0, 0.1) is 0 Å². The first kappa shape index (κ1) is 9.03. The summed E-state index contributed by atoms with van der Waals surface area (Å²) >= 11 is 0. The first-order valence-corrected chi connectivity index (χ1v) is 3.78. The molecule has 12 heavy (non-hydrogen) atoms. The number of benzene rings is 1. The molecule has 0 aliphatic rings. The monoisotopic (exact) mass is 167 g/mol. The zero-order valence-corrected chi connectivity index (χ0v) is 7.08. The van der Waals surface area contributed by atoms with Crippen molar-refractivity contribution >= 4 is 0 Å². The van der Waals surface area contributed by atoms with Gasteiger partial charge in [0.1, 0.15) is 5.75 Å². The van der Waals surface area contributed by atoms with Crippen LogP contribution in [-0.4, -0.2) is 12.2 Å². The van der Waals surface area contributed by atoms with E-state index in [1.165, 1.54) is 0 Å². The molecule has 0 saturated heterocycles. The van der Waals surface area contributed by atoms with Crippen molar-refractivity contribution in [1.29, 1.82) is 0 Å². The van der Waals surface area contributed by atoms with Crippen LogP contribution in [-0.2, 0) is 13.2 Å². The van der Waals surface area contributed by atoms with E-state index >= 15 is 0 Å². The van der Waals surface area contributed by atoms with E-state index in [-0.39, 0.29) is 6.61 Å². The van der Waals surface area contributed by atoms with Crippen LogP contribution >= 0.6 is 0 Å². The van der Waals surface area contributed by atoms with Crippen molar-refractivity contribution in [2.45, 2.75) is 13.2 Å². The summed E-state index contributed by atoms with van der Waals surface area (Å²) in [5.74, 6) is 0.703.